The van der Waals surface area contributed by atoms with Crippen LogP contribution in [0.3, 0.4) is 0 Å². The van der Waals surface area contributed by atoms with Gasteiger partial charge in [-0.3, -0.25) is 9.69 Å². The molecule has 4 heteroatoms. The Morgan fingerprint density at radius 1 is 1.21 bits per heavy atom. The highest BCUT2D eigenvalue weighted by Gasteiger charge is 2.20. The highest BCUT2D eigenvalue weighted by molar-refractivity contribution is 6.29. The van der Waals surface area contributed by atoms with Crippen LogP contribution in [-0.4, -0.2) is 25.1 Å². The first kappa shape index (κ1) is 16.0. The molecule has 0 atom stereocenters. The Morgan fingerprint density at radius 3 is 2.21 bits per heavy atom. The Bertz CT molecular complexity index is 398. The Hall–Kier alpha value is -1.06. The number of aryl methyl sites for hydroxylation is 2. The van der Waals surface area contributed by atoms with E-state index in [2.05, 4.69) is 26.0 Å². The third-order valence-corrected chi connectivity index (χ3v) is 3.30. The van der Waals surface area contributed by atoms with Crippen molar-refractivity contribution in [1.82, 2.24) is 0 Å². The van der Waals surface area contributed by atoms with E-state index in [4.69, 9.17) is 16.3 Å². The molecule has 3 nitrogen and oxygen atoms in total. The van der Waals surface area contributed by atoms with E-state index in [9.17, 15) is 4.79 Å². The van der Waals surface area contributed by atoms with Gasteiger partial charge < -0.3 is 4.74 Å². The second-order valence-electron chi connectivity index (χ2n) is 4.21. The normalized spacial score (nSPS) is 10.5. The maximum atomic E-state index is 12.1. The molecule has 0 aliphatic rings. The lowest BCUT2D eigenvalue weighted by Gasteiger charge is -2.26. The summed E-state index contributed by atoms with van der Waals surface area (Å²) in [5, 5.41) is 0. The van der Waals surface area contributed by atoms with E-state index in [-0.39, 0.29) is 18.5 Å². The van der Waals surface area contributed by atoms with Crippen LogP contribution in [0.4, 0.5) is 5.69 Å². The summed E-state index contributed by atoms with van der Waals surface area (Å²) in [6.07, 6.45) is 1.75. The monoisotopic (exact) mass is 283 g/mol. The Morgan fingerprint density at radius 2 is 1.79 bits per heavy atom. The van der Waals surface area contributed by atoms with Crippen LogP contribution < -0.4 is 4.90 Å². The molecular formula is C15H22ClNO2. The van der Waals surface area contributed by atoms with Gasteiger partial charge in [0.2, 0.25) is 5.91 Å². The molecule has 1 aromatic rings. The first-order chi connectivity index (χ1) is 9.19. The van der Waals surface area contributed by atoms with Crippen LogP contribution in [-0.2, 0) is 22.4 Å². The fourth-order valence-electron chi connectivity index (χ4n) is 2.08. The molecule has 0 saturated heterocycles. The second-order valence-corrected chi connectivity index (χ2v) is 4.48. The molecule has 0 aliphatic carbocycles. The van der Waals surface area contributed by atoms with E-state index in [0.29, 0.717) is 6.61 Å². The fourth-order valence-corrected chi connectivity index (χ4v) is 2.22. The maximum absolute atomic E-state index is 12.1. The minimum absolute atomic E-state index is 0.0335. The molecule has 1 rings (SSSR count). The number of halogens is 1. The molecule has 0 aromatic heterocycles. The van der Waals surface area contributed by atoms with Crippen LogP contribution in [0, 0.1) is 0 Å². The summed E-state index contributed by atoms with van der Waals surface area (Å²) in [5.74, 6) is -0.153. The number of anilines is 1. The zero-order valence-electron chi connectivity index (χ0n) is 11.9. The van der Waals surface area contributed by atoms with Gasteiger partial charge in [0.05, 0.1) is 5.69 Å². The van der Waals surface area contributed by atoms with E-state index in [1.54, 1.807) is 4.90 Å². The number of rotatable bonds is 7. The number of carbonyl (C=O) groups excluding carboxylic acids is 1. The minimum atomic E-state index is -0.120. The molecule has 1 amide bonds. The summed E-state index contributed by atoms with van der Waals surface area (Å²) >= 11 is 5.72. The smallest absolute Gasteiger partial charge is 0.243 e. The molecular weight excluding hydrogens is 262 g/mol. The van der Waals surface area contributed by atoms with Crippen LogP contribution in [0.5, 0.6) is 0 Å². The summed E-state index contributed by atoms with van der Waals surface area (Å²) in [6.45, 7) is 6.91. The van der Waals surface area contributed by atoms with Crippen molar-refractivity contribution < 1.29 is 9.53 Å². The number of para-hydroxylation sites is 1. The van der Waals surface area contributed by atoms with Crippen LogP contribution in [0.2, 0.25) is 0 Å². The highest BCUT2D eigenvalue weighted by atomic mass is 35.5. The zero-order chi connectivity index (χ0) is 14.3. The molecule has 106 valence electrons. The van der Waals surface area contributed by atoms with Crippen molar-refractivity contribution in [3.05, 3.63) is 29.3 Å². The van der Waals surface area contributed by atoms with E-state index < -0.39 is 0 Å². The molecule has 0 heterocycles. The topological polar surface area (TPSA) is 29.5 Å². The number of benzene rings is 1. The predicted molar refractivity (Wildman–Crippen MR) is 79.9 cm³/mol. The molecule has 0 fully saturated rings. The van der Waals surface area contributed by atoms with Crippen LogP contribution in [0.15, 0.2) is 18.2 Å². The van der Waals surface area contributed by atoms with E-state index in [1.165, 1.54) is 0 Å². The quantitative estimate of drug-likeness (QED) is 0.567. The third kappa shape index (κ3) is 3.95. The van der Waals surface area contributed by atoms with Crippen molar-refractivity contribution in [3.63, 3.8) is 0 Å². The maximum Gasteiger partial charge on any atom is 0.243 e. The van der Waals surface area contributed by atoms with Crippen LogP contribution in [0.25, 0.3) is 0 Å². The van der Waals surface area contributed by atoms with Gasteiger partial charge in [-0.15, -0.1) is 11.6 Å². The van der Waals surface area contributed by atoms with Gasteiger partial charge in [0, 0.05) is 6.61 Å². The molecule has 0 bridgehead atoms. The Balaban J connectivity index is 3.22. The van der Waals surface area contributed by atoms with Gasteiger partial charge in [-0.05, 0) is 30.9 Å². The lowest BCUT2D eigenvalue weighted by molar-refractivity contribution is -0.117. The van der Waals surface area contributed by atoms with Crippen LogP contribution in [0.1, 0.15) is 31.9 Å². The number of carbonyl (C=O) groups is 1. The number of alkyl halides is 1. The van der Waals surface area contributed by atoms with Gasteiger partial charge in [0.25, 0.3) is 0 Å². The lowest BCUT2D eigenvalue weighted by atomic mass is 10.0. The van der Waals surface area contributed by atoms with Gasteiger partial charge in [-0.1, -0.05) is 32.0 Å². The summed E-state index contributed by atoms with van der Waals surface area (Å²) in [6, 6.07) is 6.13. The van der Waals surface area contributed by atoms with Crippen molar-refractivity contribution in [2.24, 2.45) is 0 Å². The molecule has 0 spiro atoms. The predicted octanol–water partition coefficient (Wildman–Crippen LogP) is 3.38. The molecule has 0 saturated carbocycles. The third-order valence-electron chi connectivity index (χ3n) is 3.07. The number of nitrogens with zero attached hydrogens (tertiary/aromatic N) is 1. The van der Waals surface area contributed by atoms with Crippen molar-refractivity contribution in [2.45, 2.75) is 33.6 Å². The Labute approximate surface area is 120 Å². The first-order valence-electron chi connectivity index (χ1n) is 6.74. The van der Waals surface area contributed by atoms with E-state index in [1.807, 2.05) is 13.0 Å². The van der Waals surface area contributed by atoms with E-state index in [0.717, 1.165) is 29.7 Å². The largest absolute Gasteiger partial charge is 0.361 e. The van der Waals surface area contributed by atoms with Gasteiger partial charge >= 0.3 is 0 Å². The SMILES string of the molecule is CCOCN(C(=O)CCl)c1c(CC)cccc1CC. The number of amides is 1. The Kier molecular flexibility index (Phi) is 6.89. The number of ether oxygens (including phenoxy) is 1. The summed E-state index contributed by atoms with van der Waals surface area (Å²) in [7, 11) is 0. The average molecular weight is 284 g/mol. The van der Waals surface area contributed by atoms with Crippen molar-refractivity contribution in [2.75, 3.05) is 24.1 Å². The standard InChI is InChI=1S/C15H22ClNO2/c1-4-12-8-7-9-13(5-2)15(12)17(11-19-6-3)14(18)10-16/h7-9H,4-6,10-11H2,1-3H3. The fraction of sp³-hybridized carbons (Fsp3) is 0.533. The first-order valence-corrected chi connectivity index (χ1v) is 7.27. The van der Waals surface area contributed by atoms with E-state index >= 15 is 0 Å². The zero-order valence-corrected chi connectivity index (χ0v) is 12.7. The van der Waals surface area contributed by atoms with Gasteiger partial charge in [0.15, 0.2) is 0 Å². The van der Waals surface area contributed by atoms with Crippen molar-refractivity contribution in [1.29, 1.82) is 0 Å². The highest BCUT2D eigenvalue weighted by Crippen LogP contribution is 2.27. The van der Waals surface area contributed by atoms with Gasteiger partial charge in [0.1, 0.15) is 12.6 Å². The second kappa shape index (κ2) is 8.18. The molecule has 0 unspecified atom stereocenters. The number of hydrogen-bond acceptors (Lipinski definition) is 2. The molecule has 1 aromatic carbocycles. The summed E-state index contributed by atoms with van der Waals surface area (Å²) in [4.78, 5) is 13.7. The molecule has 0 radical (unpaired) electrons. The van der Waals surface area contributed by atoms with Gasteiger partial charge in [-0.2, -0.15) is 0 Å². The molecule has 0 N–H and O–H groups in total. The van der Waals surface area contributed by atoms with Crippen molar-refractivity contribution >= 4 is 23.2 Å². The molecule has 0 aliphatic heterocycles. The number of hydrogen-bond donors (Lipinski definition) is 0. The molecule has 19 heavy (non-hydrogen) atoms. The lowest BCUT2D eigenvalue weighted by Crippen LogP contribution is -2.35. The van der Waals surface area contributed by atoms with Crippen LogP contribution >= 0.6 is 11.6 Å². The minimum Gasteiger partial charge on any atom is -0.361 e. The summed E-state index contributed by atoms with van der Waals surface area (Å²) < 4.78 is 5.42. The van der Waals surface area contributed by atoms with Gasteiger partial charge in [-0.25, -0.2) is 0 Å². The average Bonchev–Trinajstić information content (AvgIpc) is 2.46. The van der Waals surface area contributed by atoms with Crippen molar-refractivity contribution in [3.8, 4) is 0 Å². The summed E-state index contributed by atoms with van der Waals surface area (Å²) in [5.41, 5.74) is 3.27.